The van der Waals surface area contributed by atoms with Crippen LogP contribution in [-0.2, 0) is 11.4 Å². The molecule has 3 aromatic rings. The van der Waals surface area contributed by atoms with E-state index in [0.29, 0.717) is 35.0 Å². The van der Waals surface area contributed by atoms with Gasteiger partial charge in [-0.25, -0.2) is 5.43 Å². The lowest BCUT2D eigenvalue weighted by molar-refractivity contribution is -0.120. The normalized spacial score (nSPS) is 10.6. The van der Waals surface area contributed by atoms with Gasteiger partial charge in [0.1, 0.15) is 12.4 Å². The van der Waals surface area contributed by atoms with E-state index >= 15 is 0 Å². The number of benzene rings is 3. The Morgan fingerprint density at radius 3 is 2.38 bits per heavy atom. The summed E-state index contributed by atoms with van der Waals surface area (Å²) in [5.74, 6) is 0.683. The number of hydrazone groups is 1. The SMILES string of the molecule is COc1ccc(C(=O)NCC(=O)NN=Cc2ccccc2OCc2ccc(C)cc2)cc1OC. The topological polar surface area (TPSA) is 98.2 Å². The highest BCUT2D eigenvalue weighted by atomic mass is 16.5. The summed E-state index contributed by atoms with van der Waals surface area (Å²) in [4.78, 5) is 24.4. The van der Waals surface area contributed by atoms with Crippen LogP contribution in [0, 0.1) is 6.92 Å². The van der Waals surface area contributed by atoms with Gasteiger partial charge < -0.3 is 19.5 Å². The van der Waals surface area contributed by atoms with Crippen LogP contribution in [0.3, 0.4) is 0 Å². The number of hydrogen-bond acceptors (Lipinski definition) is 6. The van der Waals surface area contributed by atoms with Gasteiger partial charge in [-0.1, -0.05) is 42.0 Å². The second kappa shape index (κ2) is 12.1. The maximum absolute atomic E-state index is 12.3. The van der Waals surface area contributed by atoms with Crippen LogP contribution < -0.4 is 25.0 Å². The van der Waals surface area contributed by atoms with Crippen LogP contribution in [-0.4, -0.2) is 38.8 Å². The predicted molar refractivity (Wildman–Crippen MR) is 130 cm³/mol. The van der Waals surface area contributed by atoms with Gasteiger partial charge in [0.15, 0.2) is 11.5 Å². The second-order valence-electron chi connectivity index (χ2n) is 7.36. The highest BCUT2D eigenvalue weighted by Crippen LogP contribution is 2.27. The smallest absolute Gasteiger partial charge is 0.259 e. The number of carbonyl (C=O) groups is 2. The molecule has 176 valence electrons. The van der Waals surface area contributed by atoms with Gasteiger partial charge in [-0.05, 0) is 42.8 Å². The van der Waals surface area contributed by atoms with Crippen LogP contribution in [0.5, 0.6) is 17.2 Å². The van der Waals surface area contributed by atoms with Crippen molar-refractivity contribution in [3.63, 3.8) is 0 Å². The Balaban J connectivity index is 1.51. The summed E-state index contributed by atoms with van der Waals surface area (Å²) in [6, 6.07) is 20.2. The Labute approximate surface area is 198 Å². The van der Waals surface area contributed by atoms with Gasteiger partial charge in [0.05, 0.1) is 27.0 Å². The minimum absolute atomic E-state index is 0.240. The molecule has 8 heteroatoms. The number of carbonyl (C=O) groups excluding carboxylic acids is 2. The summed E-state index contributed by atoms with van der Waals surface area (Å²) >= 11 is 0. The van der Waals surface area contributed by atoms with E-state index in [0.717, 1.165) is 5.56 Å². The molecule has 2 N–H and O–H groups in total. The van der Waals surface area contributed by atoms with E-state index in [1.54, 1.807) is 12.1 Å². The summed E-state index contributed by atoms with van der Waals surface area (Å²) < 4.78 is 16.2. The fourth-order valence-electron chi connectivity index (χ4n) is 3.02. The fourth-order valence-corrected chi connectivity index (χ4v) is 3.02. The predicted octanol–water partition coefficient (Wildman–Crippen LogP) is 3.47. The zero-order valence-electron chi connectivity index (χ0n) is 19.3. The van der Waals surface area contributed by atoms with Crippen LogP contribution in [0.4, 0.5) is 0 Å². The minimum Gasteiger partial charge on any atom is -0.493 e. The number of aryl methyl sites for hydroxylation is 1. The zero-order chi connectivity index (χ0) is 24.3. The Hall–Kier alpha value is -4.33. The van der Waals surface area contributed by atoms with E-state index in [2.05, 4.69) is 15.8 Å². The van der Waals surface area contributed by atoms with Crippen molar-refractivity contribution in [3.05, 3.63) is 89.0 Å². The quantitative estimate of drug-likeness (QED) is 0.356. The summed E-state index contributed by atoms with van der Waals surface area (Å²) in [6.07, 6.45) is 1.50. The van der Waals surface area contributed by atoms with Crippen molar-refractivity contribution in [3.8, 4) is 17.2 Å². The molecule has 0 atom stereocenters. The van der Waals surface area contributed by atoms with E-state index in [-0.39, 0.29) is 6.54 Å². The van der Waals surface area contributed by atoms with Crippen LogP contribution in [0.1, 0.15) is 27.0 Å². The highest BCUT2D eigenvalue weighted by molar-refractivity contribution is 5.97. The molecule has 0 unspecified atom stereocenters. The molecule has 34 heavy (non-hydrogen) atoms. The van der Waals surface area contributed by atoms with Crippen LogP contribution in [0.25, 0.3) is 0 Å². The molecule has 8 nitrogen and oxygen atoms in total. The molecule has 0 heterocycles. The first-order chi connectivity index (χ1) is 16.5. The summed E-state index contributed by atoms with van der Waals surface area (Å²) in [5.41, 5.74) is 5.69. The fraction of sp³-hybridized carbons (Fsp3) is 0.192. The van der Waals surface area contributed by atoms with E-state index in [1.165, 1.54) is 32.1 Å². The molecule has 3 aromatic carbocycles. The number of amides is 2. The van der Waals surface area contributed by atoms with Crippen LogP contribution >= 0.6 is 0 Å². The van der Waals surface area contributed by atoms with Gasteiger partial charge in [0, 0.05) is 11.1 Å². The first-order valence-corrected chi connectivity index (χ1v) is 10.6. The van der Waals surface area contributed by atoms with Gasteiger partial charge >= 0.3 is 0 Å². The molecule has 0 saturated heterocycles. The van der Waals surface area contributed by atoms with Crippen LogP contribution in [0.2, 0.25) is 0 Å². The Kier molecular flexibility index (Phi) is 8.62. The first-order valence-electron chi connectivity index (χ1n) is 10.6. The molecule has 0 bridgehead atoms. The van der Waals surface area contributed by atoms with Crippen molar-refractivity contribution in [1.82, 2.24) is 10.7 Å². The van der Waals surface area contributed by atoms with Crippen molar-refractivity contribution in [2.75, 3.05) is 20.8 Å². The standard InChI is InChI=1S/C26H27N3O5/c1-18-8-10-19(11-9-18)17-34-22-7-5-4-6-21(22)15-28-29-25(30)16-27-26(31)20-12-13-23(32-2)24(14-20)33-3/h4-15H,16-17H2,1-3H3,(H,27,31)(H,29,30). The maximum atomic E-state index is 12.3. The molecule has 0 saturated carbocycles. The van der Waals surface area contributed by atoms with Crippen molar-refractivity contribution < 1.29 is 23.8 Å². The number of ether oxygens (including phenoxy) is 3. The molecule has 0 radical (unpaired) electrons. The van der Waals surface area contributed by atoms with Crippen molar-refractivity contribution >= 4 is 18.0 Å². The molecular weight excluding hydrogens is 434 g/mol. The highest BCUT2D eigenvalue weighted by Gasteiger charge is 2.12. The van der Waals surface area contributed by atoms with Crippen LogP contribution in [0.15, 0.2) is 71.8 Å². The molecule has 0 spiro atoms. The van der Waals surface area contributed by atoms with Gasteiger partial charge in [0.2, 0.25) is 0 Å². The minimum atomic E-state index is -0.469. The Morgan fingerprint density at radius 2 is 1.65 bits per heavy atom. The molecule has 0 aromatic heterocycles. The van der Waals surface area contributed by atoms with Crippen molar-refractivity contribution in [1.29, 1.82) is 0 Å². The zero-order valence-corrected chi connectivity index (χ0v) is 19.3. The van der Waals surface area contributed by atoms with E-state index in [1.807, 2.05) is 55.5 Å². The number of hydrogen-bond donors (Lipinski definition) is 2. The molecular formula is C26H27N3O5. The Bertz CT molecular complexity index is 1160. The summed E-state index contributed by atoms with van der Waals surface area (Å²) in [7, 11) is 2.99. The van der Waals surface area contributed by atoms with Gasteiger partial charge in [-0.15, -0.1) is 0 Å². The van der Waals surface area contributed by atoms with Crippen molar-refractivity contribution in [2.45, 2.75) is 13.5 Å². The number of rotatable bonds is 10. The molecule has 0 aliphatic rings. The van der Waals surface area contributed by atoms with E-state index in [4.69, 9.17) is 14.2 Å². The first kappa shape index (κ1) is 24.3. The number of methoxy groups -OCH3 is 2. The summed E-state index contributed by atoms with van der Waals surface area (Å²) in [5, 5.41) is 6.52. The average Bonchev–Trinajstić information content (AvgIpc) is 2.87. The van der Waals surface area contributed by atoms with E-state index in [9.17, 15) is 9.59 Å². The number of para-hydroxylation sites is 1. The molecule has 3 rings (SSSR count). The Morgan fingerprint density at radius 1 is 0.912 bits per heavy atom. The molecule has 2 amide bonds. The lowest BCUT2D eigenvalue weighted by Crippen LogP contribution is -2.34. The average molecular weight is 462 g/mol. The maximum Gasteiger partial charge on any atom is 0.259 e. The van der Waals surface area contributed by atoms with Gasteiger partial charge in [-0.2, -0.15) is 5.10 Å². The van der Waals surface area contributed by atoms with Gasteiger partial charge in [0.25, 0.3) is 11.8 Å². The lowest BCUT2D eigenvalue weighted by atomic mass is 10.1. The largest absolute Gasteiger partial charge is 0.493 e. The van der Waals surface area contributed by atoms with E-state index < -0.39 is 11.8 Å². The second-order valence-corrected chi connectivity index (χ2v) is 7.36. The molecule has 0 aliphatic heterocycles. The van der Waals surface area contributed by atoms with Gasteiger partial charge in [-0.3, -0.25) is 9.59 Å². The van der Waals surface area contributed by atoms with Crippen molar-refractivity contribution in [2.24, 2.45) is 5.10 Å². The lowest BCUT2D eigenvalue weighted by Gasteiger charge is -2.10. The molecule has 0 fully saturated rings. The summed E-state index contributed by atoms with van der Waals surface area (Å²) in [6.45, 7) is 2.21. The number of nitrogens with zero attached hydrogens (tertiary/aromatic N) is 1. The third-order valence-corrected chi connectivity index (χ3v) is 4.88. The molecule has 0 aliphatic carbocycles. The third-order valence-electron chi connectivity index (χ3n) is 4.88. The number of nitrogens with one attached hydrogen (secondary N) is 2. The third kappa shape index (κ3) is 6.83. The monoisotopic (exact) mass is 461 g/mol.